The van der Waals surface area contributed by atoms with E-state index in [1.807, 2.05) is 6.92 Å². The van der Waals surface area contributed by atoms with Gasteiger partial charge in [-0.3, -0.25) is 9.10 Å². The Labute approximate surface area is 147 Å². The molecule has 0 spiro atoms. The summed E-state index contributed by atoms with van der Waals surface area (Å²) in [4.78, 5) is 14.5. The standard InChI is InChI=1S/C16H21ClN2O4S/c1-12-11-18(7-8-23-12)16(20)14-10-13(4-5-15(14)17)19-6-2-3-9-24(19,21)22/h4-5,10,12H,2-3,6-9,11H2,1H3. The Morgan fingerprint density at radius 2 is 2.08 bits per heavy atom. The van der Waals surface area contributed by atoms with E-state index < -0.39 is 10.0 Å². The summed E-state index contributed by atoms with van der Waals surface area (Å²) in [7, 11) is -3.32. The molecule has 0 aromatic heterocycles. The van der Waals surface area contributed by atoms with Crippen molar-refractivity contribution in [2.45, 2.75) is 25.9 Å². The van der Waals surface area contributed by atoms with Crippen LogP contribution in [0.15, 0.2) is 18.2 Å². The van der Waals surface area contributed by atoms with Crippen LogP contribution in [0, 0.1) is 0 Å². The fraction of sp³-hybridized carbons (Fsp3) is 0.562. The van der Waals surface area contributed by atoms with E-state index in [0.717, 1.165) is 6.42 Å². The van der Waals surface area contributed by atoms with Gasteiger partial charge in [-0.05, 0) is 38.0 Å². The Morgan fingerprint density at radius 1 is 1.29 bits per heavy atom. The number of hydrogen-bond donors (Lipinski definition) is 0. The topological polar surface area (TPSA) is 66.9 Å². The van der Waals surface area contributed by atoms with Crippen LogP contribution >= 0.6 is 11.6 Å². The van der Waals surface area contributed by atoms with E-state index in [1.165, 1.54) is 4.31 Å². The molecule has 0 N–H and O–H groups in total. The van der Waals surface area contributed by atoms with Crippen LogP contribution in [0.5, 0.6) is 0 Å². The molecule has 8 heteroatoms. The lowest BCUT2D eigenvalue weighted by Gasteiger charge is -2.32. The van der Waals surface area contributed by atoms with E-state index in [4.69, 9.17) is 16.3 Å². The monoisotopic (exact) mass is 372 g/mol. The second-order valence-electron chi connectivity index (χ2n) is 6.19. The van der Waals surface area contributed by atoms with Gasteiger partial charge in [-0.2, -0.15) is 0 Å². The number of nitrogens with zero attached hydrogens (tertiary/aromatic N) is 2. The number of hydrogen-bond acceptors (Lipinski definition) is 4. The number of anilines is 1. The number of rotatable bonds is 2. The number of carbonyl (C=O) groups is 1. The Bertz CT molecular complexity index is 738. The van der Waals surface area contributed by atoms with Gasteiger partial charge in [0.15, 0.2) is 0 Å². The van der Waals surface area contributed by atoms with E-state index in [2.05, 4.69) is 0 Å². The zero-order valence-corrected chi connectivity index (χ0v) is 15.1. The van der Waals surface area contributed by atoms with Crippen molar-refractivity contribution in [2.75, 3.05) is 36.3 Å². The van der Waals surface area contributed by atoms with Gasteiger partial charge in [-0.25, -0.2) is 8.42 Å². The molecule has 0 bridgehead atoms. The summed E-state index contributed by atoms with van der Waals surface area (Å²) in [6.07, 6.45) is 1.46. The molecule has 132 valence electrons. The van der Waals surface area contributed by atoms with Crippen LogP contribution in [0.4, 0.5) is 5.69 Å². The first-order chi connectivity index (χ1) is 11.4. The van der Waals surface area contributed by atoms with E-state index in [-0.39, 0.29) is 17.8 Å². The zero-order chi connectivity index (χ0) is 17.3. The summed E-state index contributed by atoms with van der Waals surface area (Å²) in [5, 5.41) is 0.331. The molecule has 24 heavy (non-hydrogen) atoms. The molecule has 1 unspecified atom stereocenters. The van der Waals surface area contributed by atoms with Crippen molar-refractivity contribution in [1.82, 2.24) is 4.90 Å². The molecule has 2 saturated heterocycles. The SMILES string of the molecule is CC1CN(C(=O)c2cc(N3CCCCS3(=O)=O)ccc2Cl)CCO1. The average Bonchev–Trinajstić information content (AvgIpc) is 2.55. The minimum absolute atomic E-state index is 0.0212. The Hall–Kier alpha value is -1.31. The van der Waals surface area contributed by atoms with Crippen molar-refractivity contribution in [3.63, 3.8) is 0 Å². The molecule has 0 saturated carbocycles. The molecular weight excluding hydrogens is 352 g/mol. The molecule has 3 rings (SSSR count). The summed E-state index contributed by atoms with van der Waals surface area (Å²) in [5.74, 6) is -0.0497. The van der Waals surface area contributed by atoms with Gasteiger partial charge in [0.25, 0.3) is 5.91 Å². The predicted molar refractivity (Wildman–Crippen MR) is 93.1 cm³/mol. The lowest BCUT2D eigenvalue weighted by atomic mass is 10.1. The normalized spacial score (nSPS) is 24.0. The third-order valence-corrected chi connectivity index (χ3v) is 6.55. The van der Waals surface area contributed by atoms with Crippen LogP contribution in [-0.2, 0) is 14.8 Å². The molecule has 2 aliphatic heterocycles. The Morgan fingerprint density at radius 3 is 2.79 bits per heavy atom. The van der Waals surface area contributed by atoms with Crippen LogP contribution in [0.3, 0.4) is 0 Å². The fourth-order valence-electron chi connectivity index (χ4n) is 3.08. The van der Waals surface area contributed by atoms with Gasteiger partial charge < -0.3 is 9.64 Å². The third-order valence-electron chi connectivity index (χ3n) is 4.35. The zero-order valence-electron chi connectivity index (χ0n) is 13.6. The molecule has 1 atom stereocenters. The molecule has 2 aliphatic rings. The second kappa shape index (κ2) is 6.90. The smallest absolute Gasteiger partial charge is 0.255 e. The van der Waals surface area contributed by atoms with E-state index in [9.17, 15) is 13.2 Å². The van der Waals surface area contributed by atoms with Crippen molar-refractivity contribution in [3.05, 3.63) is 28.8 Å². The minimum atomic E-state index is -3.32. The van der Waals surface area contributed by atoms with Crippen LogP contribution in [0.2, 0.25) is 5.02 Å². The molecule has 0 radical (unpaired) electrons. The maximum absolute atomic E-state index is 12.8. The number of halogens is 1. The number of ether oxygens (including phenoxy) is 1. The number of sulfonamides is 1. The number of carbonyl (C=O) groups excluding carboxylic acids is 1. The van der Waals surface area contributed by atoms with Gasteiger partial charge in [-0.15, -0.1) is 0 Å². The van der Waals surface area contributed by atoms with Gasteiger partial charge >= 0.3 is 0 Å². The largest absolute Gasteiger partial charge is 0.375 e. The van der Waals surface area contributed by atoms with Gasteiger partial charge in [0.2, 0.25) is 10.0 Å². The highest BCUT2D eigenvalue weighted by molar-refractivity contribution is 7.92. The molecule has 1 aromatic rings. The molecule has 2 heterocycles. The highest BCUT2D eigenvalue weighted by Gasteiger charge is 2.28. The van der Waals surface area contributed by atoms with Crippen molar-refractivity contribution >= 4 is 33.2 Å². The van der Waals surface area contributed by atoms with Crippen molar-refractivity contribution in [1.29, 1.82) is 0 Å². The van der Waals surface area contributed by atoms with Crippen LogP contribution < -0.4 is 4.31 Å². The van der Waals surface area contributed by atoms with Crippen molar-refractivity contribution < 1.29 is 17.9 Å². The highest BCUT2D eigenvalue weighted by Crippen LogP contribution is 2.29. The summed E-state index contributed by atoms with van der Waals surface area (Å²) in [5.41, 5.74) is 0.841. The Balaban J connectivity index is 1.90. The van der Waals surface area contributed by atoms with Gasteiger partial charge in [0.05, 0.1) is 34.7 Å². The quantitative estimate of drug-likeness (QED) is 0.797. The lowest BCUT2D eigenvalue weighted by Crippen LogP contribution is -2.44. The first kappa shape index (κ1) is 17.5. The van der Waals surface area contributed by atoms with Crippen molar-refractivity contribution in [3.8, 4) is 0 Å². The number of benzene rings is 1. The van der Waals surface area contributed by atoms with Gasteiger partial charge in [-0.1, -0.05) is 11.6 Å². The highest BCUT2D eigenvalue weighted by atomic mass is 35.5. The van der Waals surface area contributed by atoms with Crippen molar-refractivity contribution in [2.24, 2.45) is 0 Å². The molecular formula is C16H21ClN2O4S. The average molecular weight is 373 g/mol. The van der Waals surface area contributed by atoms with E-state index in [0.29, 0.717) is 48.9 Å². The molecule has 0 aliphatic carbocycles. The van der Waals surface area contributed by atoms with Crippen LogP contribution in [0.1, 0.15) is 30.1 Å². The molecule has 1 amide bonds. The molecule has 6 nitrogen and oxygen atoms in total. The van der Waals surface area contributed by atoms with E-state index >= 15 is 0 Å². The Kier molecular flexibility index (Phi) is 5.03. The van der Waals surface area contributed by atoms with E-state index in [1.54, 1.807) is 23.1 Å². The first-order valence-electron chi connectivity index (χ1n) is 8.09. The number of amides is 1. The van der Waals surface area contributed by atoms with Crippen LogP contribution in [0.25, 0.3) is 0 Å². The number of morpholine rings is 1. The summed E-state index contributed by atoms with van der Waals surface area (Å²) in [6, 6.07) is 4.84. The second-order valence-corrected chi connectivity index (χ2v) is 8.61. The first-order valence-corrected chi connectivity index (χ1v) is 10.1. The molecule has 2 fully saturated rings. The minimum Gasteiger partial charge on any atom is -0.375 e. The fourth-order valence-corrected chi connectivity index (χ4v) is 4.91. The maximum atomic E-state index is 12.8. The summed E-state index contributed by atoms with van der Waals surface area (Å²) >= 11 is 6.21. The summed E-state index contributed by atoms with van der Waals surface area (Å²) in [6.45, 7) is 3.85. The maximum Gasteiger partial charge on any atom is 0.255 e. The van der Waals surface area contributed by atoms with Gasteiger partial charge in [0, 0.05) is 19.6 Å². The lowest BCUT2D eigenvalue weighted by molar-refractivity contribution is -0.0124. The third kappa shape index (κ3) is 3.53. The van der Waals surface area contributed by atoms with Gasteiger partial charge in [0.1, 0.15) is 0 Å². The van der Waals surface area contributed by atoms with Crippen LogP contribution in [-0.4, -0.2) is 57.3 Å². The summed E-state index contributed by atoms with van der Waals surface area (Å²) < 4.78 is 31.4. The predicted octanol–water partition coefficient (Wildman–Crippen LogP) is 2.13. The molecule has 1 aromatic carbocycles.